The van der Waals surface area contributed by atoms with E-state index in [4.69, 9.17) is 9.05 Å². The Hall–Kier alpha value is -3.84. The van der Waals surface area contributed by atoms with Gasteiger partial charge in [0.1, 0.15) is 11.5 Å². The van der Waals surface area contributed by atoms with Gasteiger partial charge in [-0.15, -0.1) is 0 Å². The van der Waals surface area contributed by atoms with E-state index in [9.17, 15) is 9.13 Å². The largest absolute Gasteiger partial charge is 0.442 e. The fraction of sp³-hybridized carbons (Fsp3) is 0.189. The predicted molar refractivity (Wildman–Crippen MR) is 178 cm³/mol. The second-order valence-corrected chi connectivity index (χ2v) is 16.1. The van der Waals surface area contributed by atoms with E-state index in [0.717, 1.165) is 27.8 Å². The zero-order valence-electron chi connectivity index (χ0n) is 24.7. The molecule has 6 heteroatoms. The molecular formula is C37H38O4P2. The molecule has 0 aliphatic heterocycles. The van der Waals surface area contributed by atoms with E-state index in [1.807, 2.05) is 133 Å². The topological polar surface area (TPSA) is 52.6 Å². The summed E-state index contributed by atoms with van der Waals surface area (Å²) >= 11 is 0. The van der Waals surface area contributed by atoms with Crippen LogP contribution in [0.1, 0.15) is 47.6 Å². The highest BCUT2D eigenvalue weighted by molar-refractivity contribution is 7.58. The minimum absolute atomic E-state index is 0.117. The Balaban J connectivity index is 1.49. The van der Waals surface area contributed by atoms with Crippen molar-refractivity contribution in [1.29, 1.82) is 0 Å². The molecule has 0 atom stereocenters. The van der Waals surface area contributed by atoms with Crippen molar-refractivity contribution in [2.24, 2.45) is 0 Å². The van der Waals surface area contributed by atoms with E-state index in [-0.39, 0.29) is 5.92 Å². The molecule has 0 aromatic heterocycles. The Kier molecular flexibility index (Phi) is 10.0. The molecule has 220 valence electrons. The smallest absolute Gasteiger partial charge is 0.256 e. The van der Waals surface area contributed by atoms with Crippen molar-refractivity contribution in [2.75, 3.05) is 0 Å². The van der Waals surface area contributed by atoms with Crippen molar-refractivity contribution in [3.63, 3.8) is 0 Å². The first-order valence-electron chi connectivity index (χ1n) is 14.6. The Labute approximate surface area is 255 Å². The van der Waals surface area contributed by atoms with Gasteiger partial charge >= 0.3 is 0 Å². The van der Waals surface area contributed by atoms with E-state index in [1.54, 1.807) is 6.07 Å². The molecule has 0 spiro atoms. The first kappa shape index (κ1) is 30.6. The van der Waals surface area contributed by atoms with Gasteiger partial charge in [-0.05, 0) is 39.8 Å². The Bertz CT molecular complexity index is 1600. The standard InChI is InChI=1S/C37H38O4P2/c1-30(2)36-24-23-35(40-42(38,26-31-15-7-3-8-16-31)27-32-17-9-4-10-18-32)25-37(36)41-43(39,28-33-19-11-5-12-20-33)29-34-21-13-6-14-22-34/h3-25,30H,26-29H2,1-2H3. The van der Waals surface area contributed by atoms with Crippen LogP contribution in [0.15, 0.2) is 140 Å². The average molecular weight is 609 g/mol. The molecule has 0 aliphatic rings. The minimum Gasteiger partial charge on any atom is -0.442 e. The lowest BCUT2D eigenvalue weighted by Gasteiger charge is -2.25. The highest BCUT2D eigenvalue weighted by Gasteiger charge is 2.30. The van der Waals surface area contributed by atoms with Crippen molar-refractivity contribution in [3.05, 3.63) is 167 Å². The molecule has 5 aromatic carbocycles. The number of hydrogen-bond donors (Lipinski definition) is 0. The maximum absolute atomic E-state index is 14.7. The van der Waals surface area contributed by atoms with Crippen LogP contribution >= 0.6 is 14.7 Å². The lowest BCUT2D eigenvalue weighted by Crippen LogP contribution is -2.05. The third-order valence-electron chi connectivity index (χ3n) is 7.21. The van der Waals surface area contributed by atoms with Gasteiger partial charge in [0, 0.05) is 6.07 Å². The Morgan fingerprint density at radius 3 is 1.19 bits per heavy atom. The van der Waals surface area contributed by atoms with Crippen LogP contribution < -0.4 is 9.05 Å². The molecule has 43 heavy (non-hydrogen) atoms. The van der Waals surface area contributed by atoms with Gasteiger partial charge in [0.15, 0.2) is 0 Å². The summed E-state index contributed by atoms with van der Waals surface area (Å²) in [4.78, 5) is 0. The van der Waals surface area contributed by atoms with Crippen LogP contribution in [0.4, 0.5) is 0 Å². The molecule has 0 unspecified atom stereocenters. The second-order valence-electron chi connectivity index (χ2n) is 11.2. The van der Waals surface area contributed by atoms with Crippen LogP contribution in [0.2, 0.25) is 0 Å². The van der Waals surface area contributed by atoms with Gasteiger partial charge in [-0.1, -0.05) is 141 Å². The van der Waals surface area contributed by atoms with Gasteiger partial charge in [-0.2, -0.15) is 0 Å². The molecule has 5 aromatic rings. The number of hydrogen-bond acceptors (Lipinski definition) is 4. The molecule has 0 N–H and O–H groups in total. The van der Waals surface area contributed by atoms with Crippen molar-refractivity contribution in [3.8, 4) is 11.5 Å². The summed E-state index contributed by atoms with van der Waals surface area (Å²) < 4.78 is 42.2. The van der Waals surface area contributed by atoms with Crippen molar-refractivity contribution < 1.29 is 18.2 Å². The molecule has 0 aliphatic carbocycles. The van der Waals surface area contributed by atoms with Crippen molar-refractivity contribution in [2.45, 2.75) is 44.4 Å². The normalized spacial score (nSPS) is 11.8. The van der Waals surface area contributed by atoms with Gasteiger partial charge in [0.05, 0.1) is 24.6 Å². The first-order chi connectivity index (χ1) is 20.8. The quantitative estimate of drug-likeness (QED) is 0.125. The highest BCUT2D eigenvalue weighted by atomic mass is 31.2. The lowest BCUT2D eigenvalue weighted by atomic mass is 10.0. The number of benzene rings is 5. The van der Waals surface area contributed by atoms with Crippen LogP contribution in [-0.2, 0) is 33.8 Å². The summed E-state index contributed by atoms with van der Waals surface area (Å²) in [5, 5.41) is 0. The van der Waals surface area contributed by atoms with Crippen LogP contribution in [0.25, 0.3) is 0 Å². The third-order valence-corrected chi connectivity index (χ3v) is 11.7. The molecular weight excluding hydrogens is 570 g/mol. The summed E-state index contributed by atoms with van der Waals surface area (Å²) in [5.74, 6) is 1.07. The molecule has 0 saturated carbocycles. The Morgan fingerprint density at radius 2 is 0.837 bits per heavy atom. The maximum Gasteiger partial charge on any atom is 0.256 e. The van der Waals surface area contributed by atoms with Gasteiger partial charge < -0.3 is 9.05 Å². The molecule has 0 saturated heterocycles. The Morgan fingerprint density at radius 1 is 0.488 bits per heavy atom. The van der Waals surface area contributed by atoms with Crippen LogP contribution in [0.5, 0.6) is 11.5 Å². The van der Waals surface area contributed by atoms with E-state index >= 15 is 0 Å². The van der Waals surface area contributed by atoms with Crippen molar-refractivity contribution in [1.82, 2.24) is 0 Å². The van der Waals surface area contributed by atoms with E-state index in [1.165, 1.54) is 0 Å². The summed E-state index contributed by atoms with van der Waals surface area (Å²) in [6, 6.07) is 44.8. The zero-order chi connectivity index (χ0) is 30.1. The molecule has 0 fully saturated rings. The predicted octanol–water partition coefficient (Wildman–Crippen LogP) is 10.9. The molecule has 0 radical (unpaired) electrons. The van der Waals surface area contributed by atoms with E-state index < -0.39 is 14.7 Å². The summed E-state index contributed by atoms with van der Waals surface area (Å²) in [6.07, 6.45) is 1.19. The van der Waals surface area contributed by atoms with Gasteiger partial charge in [0.25, 0.3) is 14.7 Å². The summed E-state index contributed by atoms with van der Waals surface area (Å²) in [5.41, 5.74) is 4.74. The number of rotatable bonds is 13. The van der Waals surface area contributed by atoms with Gasteiger partial charge in [-0.3, -0.25) is 9.13 Å². The SMILES string of the molecule is CC(C)c1ccc(OP(=O)(Cc2ccccc2)Cc2ccccc2)cc1OP(=O)(Cc1ccccc1)Cc1ccccc1. The minimum atomic E-state index is -3.26. The van der Waals surface area contributed by atoms with E-state index in [2.05, 4.69) is 13.8 Å². The zero-order valence-corrected chi connectivity index (χ0v) is 26.5. The van der Waals surface area contributed by atoms with Crippen LogP contribution in [-0.4, -0.2) is 0 Å². The fourth-order valence-electron chi connectivity index (χ4n) is 5.19. The monoisotopic (exact) mass is 608 g/mol. The second kappa shape index (κ2) is 14.1. The lowest BCUT2D eigenvalue weighted by molar-refractivity contribution is 0.466. The molecule has 0 bridgehead atoms. The molecule has 0 heterocycles. The van der Waals surface area contributed by atoms with Crippen LogP contribution in [0, 0.1) is 0 Å². The van der Waals surface area contributed by atoms with Gasteiger partial charge in [0.2, 0.25) is 0 Å². The first-order valence-corrected chi connectivity index (χ1v) is 18.6. The summed E-state index contributed by atoms with van der Waals surface area (Å²) in [6.45, 7) is 4.16. The fourth-order valence-corrected chi connectivity index (χ4v) is 9.75. The molecule has 0 amide bonds. The summed E-state index contributed by atoms with van der Waals surface area (Å²) in [7, 11) is -6.49. The van der Waals surface area contributed by atoms with Crippen LogP contribution in [0.3, 0.4) is 0 Å². The van der Waals surface area contributed by atoms with Crippen molar-refractivity contribution >= 4 is 14.7 Å². The highest BCUT2D eigenvalue weighted by Crippen LogP contribution is 2.57. The molecule has 4 nitrogen and oxygen atoms in total. The average Bonchev–Trinajstić information content (AvgIpc) is 2.99. The van der Waals surface area contributed by atoms with E-state index in [0.29, 0.717) is 36.1 Å². The molecule has 5 rings (SSSR count). The van der Waals surface area contributed by atoms with Gasteiger partial charge in [-0.25, -0.2) is 0 Å². The third kappa shape index (κ3) is 8.83. The maximum atomic E-state index is 14.7.